The van der Waals surface area contributed by atoms with Crippen LogP contribution in [0.5, 0.6) is 0 Å². The number of ether oxygens (including phenoxy) is 1. The maximum Gasteiger partial charge on any atom is 0.372 e. The van der Waals surface area contributed by atoms with Crippen molar-refractivity contribution in [1.29, 1.82) is 0 Å². The second-order valence-electron chi connectivity index (χ2n) is 22.4. The van der Waals surface area contributed by atoms with Gasteiger partial charge in [0, 0.05) is 52.3 Å². The molecule has 5 heteroatoms. The van der Waals surface area contributed by atoms with E-state index in [4.69, 9.17) is 4.74 Å². The summed E-state index contributed by atoms with van der Waals surface area (Å²) in [5.41, 5.74) is 26.7. The predicted octanol–water partition coefficient (Wildman–Crippen LogP) is 13.9. The molecule has 5 nitrogen and oxygen atoms in total. The third kappa shape index (κ3) is 4.76. The zero-order valence-corrected chi connectivity index (χ0v) is 40.9. The molecule has 1 unspecified atom stereocenters. The molecule has 2 aromatic heterocycles. The molecule has 0 fully saturated rings. The maximum atomic E-state index is 7.92. The number of hydrogen-bond acceptors (Lipinski definition) is 2. The van der Waals surface area contributed by atoms with Crippen molar-refractivity contribution in [1.82, 2.24) is 4.57 Å². The molecule has 4 aliphatic heterocycles. The Hall–Kier alpha value is -6.46. The summed E-state index contributed by atoms with van der Waals surface area (Å²) >= 11 is 0. The van der Waals surface area contributed by atoms with Crippen LogP contribution in [0.1, 0.15) is 132 Å². The van der Waals surface area contributed by atoms with E-state index in [2.05, 4.69) is 212 Å². The second kappa shape index (κ2) is 12.7. The smallest absolute Gasteiger partial charge is 0.372 e. The van der Waals surface area contributed by atoms with Gasteiger partial charge >= 0.3 is 5.90 Å². The number of hydrogen-bond donors (Lipinski definition) is 0. The minimum absolute atomic E-state index is 0.0357. The van der Waals surface area contributed by atoms with Crippen molar-refractivity contribution in [3.8, 4) is 16.9 Å². The molecular formula is C61H60N4O+2. The number of pyridine rings is 1. The number of rotatable bonds is 1. The quantitative estimate of drug-likeness (QED) is 0.154. The molecule has 4 bridgehead atoms. The SMILES string of the molecule is Cc1cc(C)c2c(c1)[C@@H]1OC3=[N+](C4Cc5c3c(C)cc(C)c5N3c5ccccc5C(C)(C)c5cc6c7ccccc7n(-c7cc(C(C)(C)C)cc[n+]7C)c6c4c53)[C@]1(C)c1cc(C)cc(C)c1-2. The topological polar surface area (TPSA) is 24.3 Å². The van der Waals surface area contributed by atoms with Crippen LogP contribution in [0, 0.1) is 41.5 Å². The Kier molecular flexibility index (Phi) is 7.67. The zero-order chi connectivity index (χ0) is 45.8. The van der Waals surface area contributed by atoms with Crippen LogP contribution in [0.25, 0.3) is 38.8 Å². The second-order valence-corrected chi connectivity index (χ2v) is 22.4. The van der Waals surface area contributed by atoms with Crippen molar-refractivity contribution < 1.29 is 13.9 Å². The van der Waals surface area contributed by atoms with Gasteiger partial charge in [-0.1, -0.05) is 100 Å². The highest BCUT2D eigenvalue weighted by Gasteiger charge is 2.66. The first kappa shape index (κ1) is 39.9. The molecule has 1 aliphatic carbocycles. The van der Waals surface area contributed by atoms with Gasteiger partial charge in [-0.25, -0.2) is 4.57 Å². The molecule has 328 valence electrons. The highest BCUT2D eigenvalue weighted by Crippen LogP contribution is 2.65. The van der Waals surface area contributed by atoms with Crippen LogP contribution in [-0.2, 0) is 34.6 Å². The zero-order valence-electron chi connectivity index (χ0n) is 40.9. The van der Waals surface area contributed by atoms with Crippen molar-refractivity contribution in [3.63, 3.8) is 0 Å². The van der Waals surface area contributed by atoms with Crippen LogP contribution in [0.4, 0.5) is 17.1 Å². The Labute approximate surface area is 389 Å². The first-order valence-electron chi connectivity index (χ1n) is 24.1. The molecule has 0 spiro atoms. The number of anilines is 3. The fourth-order valence-electron chi connectivity index (χ4n) is 13.9. The van der Waals surface area contributed by atoms with E-state index in [1.165, 1.54) is 128 Å². The van der Waals surface area contributed by atoms with E-state index >= 15 is 0 Å². The lowest BCUT2D eigenvalue weighted by Gasteiger charge is -2.43. The molecule has 8 aromatic rings. The monoisotopic (exact) mass is 864 g/mol. The van der Waals surface area contributed by atoms with Gasteiger partial charge in [0.25, 0.3) is 5.82 Å². The van der Waals surface area contributed by atoms with E-state index in [0.717, 1.165) is 18.1 Å². The van der Waals surface area contributed by atoms with Crippen molar-refractivity contribution in [2.24, 2.45) is 7.05 Å². The third-order valence-corrected chi connectivity index (χ3v) is 16.7. The fraction of sp³-hybridized carbons (Fsp3) is 0.311. The van der Waals surface area contributed by atoms with Crippen LogP contribution in [-0.4, -0.2) is 15.0 Å². The number of para-hydroxylation sites is 2. The van der Waals surface area contributed by atoms with E-state index in [1.807, 2.05) is 0 Å². The van der Waals surface area contributed by atoms with Crippen molar-refractivity contribution >= 4 is 44.8 Å². The molecule has 3 atom stereocenters. The minimum Gasteiger partial charge on any atom is -0.428 e. The van der Waals surface area contributed by atoms with E-state index < -0.39 is 5.54 Å². The normalized spacial score (nSPS) is 20.3. The summed E-state index contributed by atoms with van der Waals surface area (Å²) in [6.45, 7) is 28.3. The molecule has 13 rings (SSSR count). The van der Waals surface area contributed by atoms with Crippen LogP contribution in [0.3, 0.4) is 0 Å². The van der Waals surface area contributed by atoms with E-state index in [9.17, 15) is 0 Å². The Bertz CT molecular complexity index is 3610. The number of nitrogens with zero attached hydrogens (tertiary/aromatic N) is 4. The van der Waals surface area contributed by atoms with Gasteiger partial charge in [0.1, 0.15) is 5.52 Å². The molecule has 6 aromatic carbocycles. The van der Waals surface area contributed by atoms with Gasteiger partial charge in [-0.2, -0.15) is 9.14 Å². The van der Waals surface area contributed by atoms with E-state index in [0.29, 0.717) is 0 Å². The Morgan fingerprint density at radius 2 is 1.36 bits per heavy atom. The fourth-order valence-corrected chi connectivity index (χ4v) is 13.9. The largest absolute Gasteiger partial charge is 0.428 e. The standard InChI is InChI=1S/C61H60N4O/c1-32-24-34(3)50-42(26-32)57-61(12,44-27-33(2)25-35(4)52(44)50)65-48-31-41-51(58(65)66-57)36(5)28-37(6)54(41)64-47-21-17-15-19-43(47)60(10,11)45-30-40-39-18-14-16-20-46(39)63(55(40)53(48)56(45)64)49-29-38(59(7,8)9)22-23-62(49)13/h14-30,48,57H,31H2,1-13H3/q+2/t48?,57-,61+/m0/s1. The summed E-state index contributed by atoms with van der Waals surface area (Å²) in [5.74, 6) is 2.18. The van der Waals surface area contributed by atoms with Gasteiger partial charge in [-0.3, -0.25) is 0 Å². The minimum atomic E-state index is -0.547. The average Bonchev–Trinajstić information content (AvgIpc) is 3.71. The molecule has 6 heterocycles. The van der Waals surface area contributed by atoms with Crippen molar-refractivity contribution in [3.05, 3.63) is 181 Å². The summed E-state index contributed by atoms with van der Waals surface area (Å²) in [4.78, 5) is 2.71. The maximum absolute atomic E-state index is 7.92. The molecule has 66 heavy (non-hydrogen) atoms. The van der Waals surface area contributed by atoms with Gasteiger partial charge in [-0.05, 0) is 133 Å². The number of fused-ring (bicyclic) bond motifs is 14. The van der Waals surface area contributed by atoms with Crippen LogP contribution < -0.4 is 9.47 Å². The van der Waals surface area contributed by atoms with Crippen LogP contribution in [0.15, 0.2) is 103 Å². The molecule has 0 N–H and O–H groups in total. The highest BCUT2D eigenvalue weighted by atomic mass is 16.5. The first-order chi connectivity index (χ1) is 31.4. The molecule has 0 radical (unpaired) electrons. The van der Waals surface area contributed by atoms with E-state index in [-0.39, 0.29) is 23.0 Å². The average molecular weight is 865 g/mol. The Morgan fingerprint density at radius 1 is 0.667 bits per heavy atom. The Balaban J connectivity index is 1.26. The summed E-state index contributed by atoms with van der Waals surface area (Å²) in [5, 5.41) is 2.58. The van der Waals surface area contributed by atoms with Gasteiger partial charge in [0.15, 0.2) is 17.7 Å². The molecule has 5 aliphatic rings. The number of benzene rings is 6. The number of aryl methyl sites for hydroxylation is 7. The van der Waals surface area contributed by atoms with Gasteiger partial charge in [-0.15, -0.1) is 0 Å². The van der Waals surface area contributed by atoms with Crippen LogP contribution >= 0.6 is 0 Å². The summed E-state index contributed by atoms with van der Waals surface area (Å²) in [7, 11) is 2.22. The predicted molar refractivity (Wildman–Crippen MR) is 270 cm³/mol. The lowest BCUT2D eigenvalue weighted by Crippen LogP contribution is -2.45. The van der Waals surface area contributed by atoms with Gasteiger partial charge in [0.05, 0.1) is 41.4 Å². The van der Waals surface area contributed by atoms with Crippen molar-refractivity contribution in [2.45, 2.75) is 118 Å². The van der Waals surface area contributed by atoms with Crippen molar-refractivity contribution in [2.75, 3.05) is 4.90 Å². The summed E-state index contributed by atoms with van der Waals surface area (Å²) < 4.78 is 15.7. The lowest BCUT2D eigenvalue weighted by molar-refractivity contribution is -0.665. The van der Waals surface area contributed by atoms with Crippen LogP contribution in [0.2, 0.25) is 0 Å². The lowest BCUT2D eigenvalue weighted by atomic mass is 9.68. The van der Waals surface area contributed by atoms with Gasteiger partial charge in [0.2, 0.25) is 5.54 Å². The molecule has 0 amide bonds. The third-order valence-electron chi connectivity index (χ3n) is 16.7. The first-order valence-corrected chi connectivity index (χ1v) is 24.1. The summed E-state index contributed by atoms with van der Waals surface area (Å²) in [6.07, 6.45) is 2.90. The number of aromatic nitrogens is 2. The molecule has 0 saturated heterocycles. The van der Waals surface area contributed by atoms with E-state index in [1.54, 1.807) is 0 Å². The highest BCUT2D eigenvalue weighted by molar-refractivity contribution is 6.14. The molecule has 0 saturated carbocycles. The summed E-state index contributed by atoms with van der Waals surface area (Å²) in [6, 6.07) is 37.8. The van der Waals surface area contributed by atoms with Gasteiger partial charge < -0.3 is 9.64 Å². The molecular weight excluding hydrogens is 805 g/mol. The Morgan fingerprint density at radius 3 is 2.14 bits per heavy atom.